The number of hydrogen-bond donors (Lipinski definition) is 1. The lowest BCUT2D eigenvalue weighted by atomic mass is 10.1. The van der Waals surface area contributed by atoms with Gasteiger partial charge in [-0.3, -0.25) is 9.88 Å². The molecule has 3 heterocycles. The number of amides is 2. The summed E-state index contributed by atoms with van der Waals surface area (Å²) in [4.78, 5) is 20.7. The van der Waals surface area contributed by atoms with E-state index in [1.807, 2.05) is 54.2 Å². The van der Waals surface area contributed by atoms with Crippen LogP contribution in [0.25, 0.3) is 0 Å². The minimum Gasteiger partial charge on any atom is -0.468 e. The molecule has 3 rings (SSSR count). The normalized spacial score (nSPS) is 16.5. The van der Waals surface area contributed by atoms with E-state index in [9.17, 15) is 4.79 Å². The van der Waals surface area contributed by atoms with Crippen molar-refractivity contribution in [2.45, 2.75) is 31.6 Å². The van der Waals surface area contributed by atoms with Crippen molar-refractivity contribution in [3.63, 3.8) is 0 Å². The van der Waals surface area contributed by atoms with Crippen molar-refractivity contribution in [1.82, 2.24) is 20.1 Å². The van der Waals surface area contributed by atoms with Crippen LogP contribution in [0.15, 0.2) is 47.2 Å². The van der Waals surface area contributed by atoms with Crippen LogP contribution < -0.4 is 5.32 Å². The zero-order chi connectivity index (χ0) is 19.1. The fourth-order valence-electron chi connectivity index (χ4n) is 3.23. The zero-order valence-corrected chi connectivity index (χ0v) is 16.0. The van der Waals surface area contributed by atoms with Crippen molar-refractivity contribution in [3.8, 4) is 0 Å². The molecule has 1 N–H and O–H groups in total. The first-order valence-corrected chi connectivity index (χ1v) is 9.37. The summed E-state index contributed by atoms with van der Waals surface area (Å²) in [6, 6.07) is 9.60. The lowest BCUT2D eigenvalue weighted by molar-refractivity contribution is 0.00298. The van der Waals surface area contributed by atoms with Crippen molar-refractivity contribution >= 4 is 6.03 Å². The molecule has 7 heteroatoms. The topological polar surface area (TPSA) is 70.8 Å². The van der Waals surface area contributed by atoms with E-state index >= 15 is 0 Å². The molecule has 1 fully saturated rings. The molecule has 0 bridgehead atoms. The number of pyridine rings is 1. The molecule has 27 heavy (non-hydrogen) atoms. The van der Waals surface area contributed by atoms with Gasteiger partial charge in [0, 0.05) is 25.8 Å². The second kappa shape index (κ2) is 9.53. The number of urea groups is 1. The number of nitrogens with one attached hydrogen (secondary N) is 1. The number of likely N-dealkylation sites (tertiary alicyclic amines) is 1. The average molecular weight is 372 g/mol. The molecular formula is C20H28N4O3. The van der Waals surface area contributed by atoms with E-state index < -0.39 is 0 Å². The summed E-state index contributed by atoms with van der Waals surface area (Å²) in [5, 5.41) is 3.03. The molecule has 2 aromatic rings. The van der Waals surface area contributed by atoms with Gasteiger partial charge in [0.25, 0.3) is 0 Å². The number of aromatic nitrogens is 1. The summed E-state index contributed by atoms with van der Waals surface area (Å²) in [7, 11) is 3.95. The zero-order valence-electron chi connectivity index (χ0n) is 16.0. The molecule has 7 nitrogen and oxygen atoms in total. The van der Waals surface area contributed by atoms with E-state index in [0.717, 1.165) is 24.3 Å². The summed E-state index contributed by atoms with van der Waals surface area (Å²) >= 11 is 0. The van der Waals surface area contributed by atoms with Gasteiger partial charge in [0.1, 0.15) is 5.76 Å². The highest BCUT2D eigenvalue weighted by atomic mass is 16.5. The molecule has 2 amide bonds. The Morgan fingerprint density at radius 3 is 2.78 bits per heavy atom. The number of furan rings is 1. The number of hydrogen-bond acceptors (Lipinski definition) is 5. The lowest BCUT2D eigenvalue weighted by Gasteiger charge is -2.32. The van der Waals surface area contributed by atoms with Crippen LogP contribution in [0.2, 0.25) is 0 Å². The number of carbonyl (C=O) groups is 1. The Morgan fingerprint density at radius 1 is 1.33 bits per heavy atom. The van der Waals surface area contributed by atoms with E-state index in [0.29, 0.717) is 26.2 Å². The third-order valence-corrected chi connectivity index (χ3v) is 4.86. The van der Waals surface area contributed by atoms with Gasteiger partial charge in [-0.25, -0.2) is 4.79 Å². The summed E-state index contributed by atoms with van der Waals surface area (Å²) < 4.78 is 11.4. The lowest BCUT2D eigenvalue weighted by Crippen LogP contribution is -2.47. The molecule has 0 aromatic carbocycles. The summed E-state index contributed by atoms with van der Waals surface area (Å²) in [6.45, 7) is 2.43. The maximum Gasteiger partial charge on any atom is 0.317 e. The highest BCUT2D eigenvalue weighted by Gasteiger charge is 2.25. The average Bonchev–Trinajstić information content (AvgIpc) is 3.22. The third kappa shape index (κ3) is 5.55. The second-order valence-corrected chi connectivity index (χ2v) is 7.00. The van der Waals surface area contributed by atoms with E-state index in [2.05, 4.69) is 10.3 Å². The molecule has 1 aliphatic heterocycles. The monoisotopic (exact) mass is 372 g/mol. The van der Waals surface area contributed by atoms with Crippen LogP contribution in [0.4, 0.5) is 4.79 Å². The van der Waals surface area contributed by atoms with Crippen molar-refractivity contribution in [2.24, 2.45) is 0 Å². The Morgan fingerprint density at radius 2 is 2.15 bits per heavy atom. The van der Waals surface area contributed by atoms with Gasteiger partial charge < -0.3 is 19.4 Å². The number of ether oxygens (including phenoxy) is 1. The molecule has 0 saturated carbocycles. The highest BCUT2D eigenvalue weighted by Crippen LogP contribution is 2.19. The predicted octanol–water partition coefficient (Wildman–Crippen LogP) is 2.67. The molecule has 146 valence electrons. The van der Waals surface area contributed by atoms with Gasteiger partial charge >= 0.3 is 6.03 Å². The minimum absolute atomic E-state index is 0.0168. The van der Waals surface area contributed by atoms with Gasteiger partial charge in [0.05, 0.1) is 30.7 Å². The third-order valence-electron chi connectivity index (χ3n) is 4.86. The standard InChI is InChI=1S/C20H28N4O3/c1-23(2)18(19-7-5-13-26-19)14-22-20(25)24-11-8-17(9-12-24)27-15-16-6-3-4-10-21-16/h3-7,10,13,17-18H,8-9,11-12,14-15H2,1-2H3,(H,22,25)/t18-/m1/s1. The molecule has 0 spiro atoms. The number of piperidine rings is 1. The maximum absolute atomic E-state index is 12.5. The summed E-state index contributed by atoms with van der Waals surface area (Å²) in [6.07, 6.45) is 5.29. The maximum atomic E-state index is 12.5. The number of rotatable bonds is 7. The highest BCUT2D eigenvalue weighted by molar-refractivity contribution is 5.74. The molecule has 0 unspecified atom stereocenters. The van der Waals surface area contributed by atoms with Crippen LogP contribution >= 0.6 is 0 Å². The van der Waals surface area contributed by atoms with Crippen LogP contribution in [0, 0.1) is 0 Å². The van der Waals surface area contributed by atoms with E-state index in [4.69, 9.17) is 9.15 Å². The Bertz CT molecular complexity index is 683. The minimum atomic E-state index is -0.0309. The van der Waals surface area contributed by atoms with Crippen LogP contribution in [0.5, 0.6) is 0 Å². The van der Waals surface area contributed by atoms with Crippen LogP contribution in [-0.2, 0) is 11.3 Å². The number of likely N-dealkylation sites (N-methyl/N-ethyl adjacent to an activating group) is 1. The molecular weight excluding hydrogens is 344 g/mol. The molecule has 1 atom stereocenters. The molecule has 0 aliphatic carbocycles. The Kier molecular flexibility index (Phi) is 6.84. The van der Waals surface area contributed by atoms with Gasteiger partial charge in [0.15, 0.2) is 0 Å². The van der Waals surface area contributed by atoms with Crippen molar-refractivity contribution < 1.29 is 13.9 Å². The van der Waals surface area contributed by atoms with Gasteiger partial charge in [-0.15, -0.1) is 0 Å². The first kappa shape index (κ1) is 19.4. The SMILES string of the molecule is CN(C)[C@H](CNC(=O)N1CCC(OCc2ccccn2)CC1)c1ccco1. The van der Waals surface area contributed by atoms with Crippen LogP contribution in [0.3, 0.4) is 0 Å². The predicted molar refractivity (Wildman–Crippen MR) is 102 cm³/mol. The van der Waals surface area contributed by atoms with Gasteiger partial charge in [-0.1, -0.05) is 6.07 Å². The van der Waals surface area contributed by atoms with E-state index in [-0.39, 0.29) is 18.2 Å². The fraction of sp³-hybridized carbons (Fsp3) is 0.500. The van der Waals surface area contributed by atoms with Crippen LogP contribution in [0.1, 0.15) is 30.3 Å². The summed E-state index contributed by atoms with van der Waals surface area (Å²) in [5.74, 6) is 0.849. The van der Waals surface area contributed by atoms with Gasteiger partial charge in [0.2, 0.25) is 0 Å². The quantitative estimate of drug-likeness (QED) is 0.809. The first-order valence-electron chi connectivity index (χ1n) is 9.37. The molecule has 1 saturated heterocycles. The Balaban J connectivity index is 1.40. The van der Waals surface area contributed by atoms with E-state index in [1.54, 1.807) is 12.5 Å². The number of carbonyl (C=O) groups excluding carboxylic acids is 1. The second-order valence-electron chi connectivity index (χ2n) is 7.00. The van der Waals surface area contributed by atoms with Gasteiger partial charge in [-0.05, 0) is 51.2 Å². The summed E-state index contributed by atoms with van der Waals surface area (Å²) in [5.41, 5.74) is 0.935. The van der Waals surface area contributed by atoms with E-state index in [1.165, 1.54) is 0 Å². The van der Waals surface area contributed by atoms with Crippen molar-refractivity contribution in [3.05, 3.63) is 54.2 Å². The van der Waals surface area contributed by atoms with Crippen molar-refractivity contribution in [2.75, 3.05) is 33.7 Å². The Labute approximate surface area is 160 Å². The van der Waals surface area contributed by atoms with Crippen molar-refractivity contribution in [1.29, 1.82) is 0 Å². The number of nitrogens with zero attached hydrogens (tertiary/aromatic N) is 3. The molecule has 1 aliphatic rings. The Hall–Kier alpha value is -2.38. The van der Waals surface area contributed by atoms with Gasteiger partial charge in [-0.2, -0.15) is 0 Å². The first-order chi connectivity index (χ1) is 13.1. The fourth-order valence-corrected chi connectivity index (χ4v) is 3.23. The van der Waals surface area contributed by atoms with Crippen LogP contribution in [-0.4, -0.2) is 60.6 Å². The smallest absolute Gasteiger partial charge is 0.317 e. The molecule has 2 aromatic heterocycles. The molecule has 0 radical (unpaired) electrons. The largest absolute Gasteiger partial charge is 0.468 e.